The van der Waals surface area contributed by atoms with Crippen LogP contribution in [-0.2, 0) is 6.54 Å². The van der Waals surface area contributed by atoms with Crippen molar-refractivity contribution in [3.63, 3.8) is 0 Å². The Morgan fingerprint density at radius 2 is 2.10 bits per heavy atom. The maximum Gasteiger partial charge on any atom is 0.248 e. The Morgan fingerprint density at radius 3 is 2.76 bits per heavy atom. The standard InChI is InChI=1S/C16H17FN2O2/c1-10(14-6-5-13(17)8-15(14)20)19-9-11-3-2-4-12(7-11)16(18)21/h2-8,10,19-20H,9H2,1H3,(H2,18,21). The summed E-state index contributed by atoms with van der Waals surface area (Å²) in [6.07, 6.45) is 0. The van der Waals surface area contributed by atoms with Crippen LogP contribution >= 0.6 is 0 Å². The molecule has 0 spiro atoms. The summed E-state index contributed by atoms with van der Waals surface area (Å²) >= 11 is 0. The number of nitrogens with one attached hydrogen (secondary N) is 1. The summed E-state index contributed by atoms with van der Waals surface area (Å²) in [5.74, 6) is -1.03. The molecule has 110 valence electrons. The number of nitrogens with two attached hydrogens (primary N) is 1. The van der Waals surface area contributed by atoms with Gasteiger partial charge in [0.05, 0.1) is 0 Å². The van der Waals surface area contributed by atoms with Crippen molar-refractivity contribution >= 4 is 5.91 Å². The topological polar surface area (TPSA) is 75.3 Å². The molecule has 21 heavy (non-hydrogen) atoms. The number of carbonyl (C=O) groups excluding carboxylic acids is 1. The highest BCUT2D eigenvalue weighted by Gasteiger charge is 2.11. The molecule has 2 rings (SSSR count). The van der Waals surface area contributed by atoms with E-state index in [1.807, 2.05) is 13.0 Å². The number of hydrogen-bond donors (Lipinski definition) is 3. The van der Waals surface area contributed by atoms with Gasteiger partial charge in [-0.25, -0.2) is 4.39 Å². The van der Waals surface area contributed by atoms with Crippen molar-refractivity contribution in [2.45, 2.75) is 19.5 Å². The van der Waals surface area contributed by atoms with Gasteiger partial charge in [0.25, 0.3) is 0 Å². The first-order valence-electron chi connectivity index (χ1n) is 6.58. The van der Waals surface area contributed by atoms with Crippen molar-refractivity contribution < 1.29 is 14.3 Å². The number of rotatable bonds is 5. The quantitative estimate of drug-likeness (QED) is 0.791. The van der Waals surface area contributed by atoms with Crippen molar-refractivity contribution in [1.82, 2.24) is 5.32 Å². The normalized spacial score (nSPS) is 12.1. The van der Waals surface area contributed by atoms with Gasteiger partial charge in [-0.1, -0.05) is 18.2 Å². The van der Waals surface area contributed by atoms with Crippen LogP contribution in [-0.4, -0.2) is 11.0 Å². The molecule has 1 amide bonds. The first kappa shape index (κ1) is 15.0. The fourth-order valence-electron chi connectivity index (χ4n) is 2.10. The zero-order valence-electron chi connectivity index (χ0n) is 11.6. The van der Waals surface area contributed by atoms with Crippen LogP contribution in [0.5, 0.6) is 5.75 Å². The van der Waals surface area contributed by atoms with Crippen LogP contribution in [0.1, 0.15) is 34.5 Å². The minimum Gasteiger partial charge on any atom is -0.508 e. The fourth-order valence-corrected chi connectivity index (χ4v) is 2.10. The summed E-state index contributed by atoms with van der Waals surface area (Å²) in [4.78, 5) is 11.1. The van der Waals surface area contributed by atoms with Gasteiger partial charge in [0.1, 0.15) is 11.6 Å². The predicted octanol–water partition coefficient (Wildman–Crippen LogP) is 2.48. The zero-order valence-corrected chi connectivity index (χ0v) is 11.6. The summed E-state index contributed by atoms with van der Waals surface area (Å²) < 4.78 is 13.0. The zero-order chi connectivity index (χ0) is 15.4. The van der Waals surface area contributed by atoms with Crippen molar-refractivity contribution in [3.8, 4) is 5.75 Å². The predicted molar refractivity (Wildman–Crippen MR) is 78.3 cm³/mol. The third kappa shape index (κ3) is 3.79. The van der Waals surface area contributed by atoms with Crippen molar-refractivity contribution in [1.29, 1.82) is 0 Å². The summed E-state index contributed by atoms with van der Waals surface area (Å²) in [6, 6.07) is 10.8. The molecule has 0 saturated heterocycles. The Labute approximate surface area is 122 Å². The number of hydrogen-bond acceptors (Lipinski definition) is 3. The van der Waals surface area contributed by atoms with Crippen molar-refractivity contribution in [2.75, 3.05) is 0 Å². The maximum atomic E-state index is 13.0. The molecular formula is C16H17FN2O2. The number of halogens is 1. The molecule has 0 bridgehead atoms. The summed E-state index contributed by atoms with van der Waals surface area (Å²) in [7, 11) is 0. The first-order valence-corrected chi connectivity index (χ1v) is 6.58. The third-order valence-electron chi connectivity index (χ3n) is 3.28. The van der Waals surface area contributed by atoms with Crippen LogP contribution in [0.4, 0.5) is 4.39 Å². The molecule has 4 N–H and O–H groups in total. The molecule has 0 heterocycles. The molecule has 0 aromatic heterocycles. The summed E-state index contributed by atoms with van der Waals surface area (Å²) in [5, 5.41) is 12.9. The highest BCUT2D eigenvalue weighted by Crippen LogP contribution is 2.24. The molecule has 1 unspecified atom stereocenters. The number of benzene rings is 2. The molecule has 2 aromatic carbocycles. The van der Waals surface area contributed by atoms with E-state index in [1.54, 1.807) is 24.3 Å². The minimum atomic E-state index is -0.474. The Balaban J connectivity index is 2.05. The van der Waals surface area contributed by atoms with Gasteiger partial charge in [-0.05, 0) is 30.7 Å². The molecule has 0 aliphatic carbocycles. The molecule has 5 heteroatoms. The second-order valence-electron chi connectivity index (χ2n) is 4.87. The number of amides is 1. The number of phenols is 1. The summed E-state index contributed by atoms with van der Waals surface area (Å²) in [5.41, 5.74) is 7.20. The van der Waals surface area contributed by atoms with Gasteiger partial charge in [-0.2, -0.15) is 0 Å². The van der Waals surface area contributed by atoms with E-state index in [0.29, 0.717) is 17.7 Å². The van der Waals surface area contributed by atoms with Crippen LogP contribution in [0.15, 0.2) is 42.5 Å². The highest BCUT2D eigenvalue weighted by atomic mass is 19.1. The first-order chi connectivity index (χ1) is 9.97. The van der Waals surface area contributed by atoms with Gasteiger partial charge < -0.3 is 16.2 Å². The van der Waals surface area contributed by atoms with Gasteiger partial charge in [-0.15, -0.1) is 0 Å². The minimum absolute atomic E-state index is 0.0825. The fraction of sp³-hybridized carbons (Fsp3) is 0.188. The number of carbonyl (C=O) groups is 1. The van der Waals surface area contributed by atoms with E-state index in [1.165, 1.54) is 6.07 Å². The van der Waals surface area contributed by atoms with Crippen LogP contribution in [0, 0.1) is 5.82 Å². The van der Waals surface area contributed by atoms with E-state index < -0.39 is 11.7 Å². The number of aromatic hydroxyl groups is 1. The Hall–Kier alpha value is -2.40. The molecule has 0 aliphatic rings. The number of primary amides is 1. The lowest BCUT2D eigenvalue weighted by Gasteiger charge is -2.16. The molecule has 0 saturated carbocycles. The maximum absolute atomic E-state index is 13.0. The molecule has 0 aliphatic heterocycles. The van der Waals surface area contributed by atoms with Gasteiger partial charge in [0, 0.05) is 29.8 Å². The monoisotopic (exact) mass is 288 g/mol. The lowest BCUT2D eigenvalue weighted by atomic mass is 10.1. The Morgan fingerprint density at radius 1 is 1.33 bits per heavy atom. The molecule has 4 nitrogen and oxygen atoms in total. The molecule has 0 fully saturated rings. The van der Waals surface area contributed by atoms with Gasteiger partial charge in [0.2, 0.25) is 5.91 Å². The lowest BCUT2D eigenvalue weighted by molar-refractivity contribution is 0.1000. The van der Waals surface area contributed by atoms with Crippen LogP contribution in [0.25, 0.3) is 0 Å². The second kappa shape index (κ2) is 6.37. The summed E-state index contributed by atoms with van der Waals surface area (Å²) in [6.45, 7) is 2.37. The van der Waals surface area contributed by atoms with E-state index in [9.17, 15) is 14.3 Å². The molecule has 1 atom stereocenters. The molecule has 0 radical (unpaired) electrons. The van der Waals surface area contributed by atoms with Crippen molar-refractivity contribution in [2.24, 2.45) is 5.73 Å². The van der Waals surface area contributed by atoms with E-state index in [0.717, 1.165) is 11.6 Å². The largest absolute Gasteiger partial charge is 0.508 e. The average Bonchev–Trinajstić information content (AvgIpc) is 2.45. The van der Waals surface area contributed by atoms with Gasteiger partial charge >= 0.3 is 0 Å². The van der Waals surface area contributed by atoms with E-state index >= 15 is 0 Å². The SMILES string of the molecule is CC(NCc1cccc(C(N)=O)c1)c1ccc(F)cc1O. The molecular weight excluding hydrogens is 271 g/mol. The Kier molecular flexibility index (Phi) is 4.55. The van der Waals surface area contributed by atoms with Gasteiger partial charge in [-0.3, -0.25) is 4.79 Å². The van der Waals surface area contributed by atoms with E-state index in [-0.39, 0.29) is 11.8 Å². The average molecular weight is 288 g/mol. The number of phenolic OH excluding ortho intramolecular Hbond substituents is 1. The van der Waals surface area contributed by atoms with E-state index in [2.05, 4.69) is 5.32 Å². The van der Waals surface area contributed by atoms with Crippen LogP contribution in [0.2, 0.25) is 0 Å². The van der Waals surface area contributed by atoms with Crippen molar-refractivity contribution in [3.05, 3.63) is 65.0 Å². The van der Waals surface area contributed by atoms with E-state index in [4.69, 9.17) is 5.73 Å². The van der Waals surface area contributed by atoms with Crippen LogP contribution in [0.3, 0.4) is 0 Å². The third-order valence-corrected chi connectivity index (χ3v) is 3.28. The Bertz CT molecular complexity index is 658. The smallest absolute Gasteiger partial charge is 0.248 e. The van der Waals surface area contributed by atoms with Gasteiger partial charge in [0.15, 0.2) is 0 Å². The highest BCUT2D eigenvalue weighted by molar-refractivity contribution is 5.92. The second-order valence-corrected chi connectivity index (χ2v) is 4.87. The molecule has 2 aromatic rings. The lowest BCUT2D eigenvalue weighted by Crippen LogP contribution is -2.19. The van der Waals surface area contributed by atoms with Crippen LogP contribution < -0.4 is 11.1 Å².